The van der Waals surface area contributed by atoms with Gasteiger partial charge in [0.25, 0.3) is 0 Å². The third-order valence-electron chi connectivity index (χ3n) is 2.90. The topological polar surface area (TPSA) is 60.9 Å². The molecule has 1 atom stereocenters. The van der Waals surface area contributed by atoms with Gasteiger partial charge < -0.3 is 10.0 Å². The van der Waals surface area contributed by atoms with Gasteiger partial charge in [-0.25, -0.2) is 12.7 Å². The molecule has 6 heteroatoms. The zero-order valence-electron chi connectivity index (χ0n) is 9.39. The van der Waals surface area contributed by atoms with Gasteiger partial charge in [0.15, 0.2) is 0 Å². The summed E-state index contributed by atoms with van der Waals surface area (Å²) in [6.45, 7) is 1.50. The van der Waals surface area contributed by atoms with Crippen molar-refractivity contribution in [3.63, 3.8) is 0 Å². The van der Waals surface area contributed by atoms with Crippen LogP contribution in [0.5, 0.6) is 0 Å². The maximum absolute atomic E-state index is 11.7. The Morgan fingerprint density at radius 1 is 1.53 bits per heavy atom. The van der Waals surface area contributed by atoms with Crippen molar-refractivity contribution >= 4 is 10.0 Å². The summed E-state index contributed by atoms with van der Waals surface area (Å²) in [7, 11) is 0.328. The van der Waals surface area contributed by atoms with Gasteiger partial charge in [-0.15, -0.1) is 0 Å². The van der Waals surface area contributed by atoms with Crippen LogP contribution in [0.25, 0.3) is 0 Å². The second-order valence-corrected chi connectivity index (χ2v) is 6.26. The first kappa shape index (κ1) is 12.9. The number of sulfonamides is 1. The summed E-state index contributed by atoms with van der Waals surface area (Å²) in [4.78, 5) is 2.14. The highest BCUT2D eigenvalue weighted by molar-refractivity contribution is 7.89. The Bertz CT molecular complexity index is 292. The summed E-state index contributed by atoms with van der Waals surface area (Å²) in [5.41, 5.74) is 0. The van der Waals surface area contributed by atoms with Crippen molar-refractivity contribution < 1.29 is 13.5 Å². The first-order valence-corrected chi connectivity index (χ1v) is 6.83. The number of likely N-dealkylation sites (tertiary alicyclic amines) is 1. The van der Waals surface area contributed by atoms with Crippen molar-refractivity contribution in [1.29, 1.82) is 0 Å². The Morgan fingerprint density at radius 2 is 2.20 bits per heavy atom. The second kappa shape index (κ2) is 5.25. The van der Waals surface area contributed by atoms with E-state index in [1.165, 1.54) is 4.31 Å². The molecule has 5 nitrogen and oxygen atoms in total. The fourth-order valence-corrected chi connectivity index (χ4v) is 3.07. The minimum absolute atomic E-state index is 0.0558. The molecule has 0 aromatic carbocycles. The van der Waals surface area contributed by atoms with Gasteiger partial charge in [-0.3, -0.25) is 0 Å². The molecule has 1 saturated heterocycles. The van der Waals surface area contributed by atoms with E-state index >= 15 is 0 Å². The van der Waals surface area contributed by atoms with E-state index in [-0.39, 0.29) is 18.4 Å². The number of nitrogens with zero attached hydrogens (tertiary/aromatic N) is 2. The monoisotopic (exact) mass is 236 g/mol. The molecule has 0 spiro atoms. The SMILES string of the molecule is CN1CCCC(N(C)S(=O)(=O)CCO)C1. The van der Waals surface area contributed by atoms with Gasteiger partial charge in [0.2, 0.25) is 10.0 Å². The van der Waals surface area contributed by atoms with Crippen LogP contribution in [-0.4, -0.2) is 68.3 Å². The number of hydrogen-bond donors (Lipinski definition) is 1. The van der Waals surface area contributed by atoms with Crippen molar-refractivity contribution in [3.8, 4) is 0 Å². The van der Waals surface area contributed by atoms with Crippen LogP contribution in [0.3, 0.4) is 0 Å². The number of hydrogen-bond acceptors (Lipinski definition) is 4. The van der Waals surface area contributed by atoms with Crippen LogP contribution in [-0.2, 0) is 10.0 Å². The van der Waals surface area contributed by atoms with Crippen LogP contribution in [0.1, 0.15) is 12.8 Å². The van der Waals surface area contributed by atoms with Crippen molar-refractivity contribution in [2.45, 2.75) is 18.9 Å². The molecule has 1 heterocycles. The summed E-state index contributed by atoms with van der Waals surface area (Å²) in [5, 5.41) is 8.68. The molecule has 0 amide bonds. The predicted octanol–water partition coefficient (Wildman–Crippen LogP) is -0.665. The largest absolute Gasteiger partial charge is 0.395 e. The summed E-state index contributed by atoms with van der Waals surface area (Å²) < 4.78 is 24.8. The highest BCUT2D eigenvalue weighted by Gasteiger charge is 2.28. The quantitative estimate of drug-likeness (QED) is 0.703. The van der Waals surface area contributed by atoms with Gasteiger partial charge in [-0.2, -0.15) is 0 Å². The second-order valence-electron chi connectivity index (χ2n) is 4.11. The zero-order chi connectivity index (χ0) is 11.5. The molecule has 0 saturated carbocycles. The average Bonchev–Trinajstić information content (AvgIpc) is 2.16. The number of aliphatic hydroxyl groups is 1. The normalized spacial score (nSPS) is 24.7. The summed E-state index contributed by atoms with van der Waals surface area (Å²) in [5.74, 6) is -0.177. The van der Waals surface area contributed by atoms with Crippen LogP contribution in [0.4, 0.5) is 0 Å². The fraction of sp³-hybridized carbons (Fsp3) is 1.00. The van der Waals surface area contributed by atoms with E-state index in [0.717, 1.165) is 25.9 Å². The minimum atomic E-state index is -3.28. The van der Waals surface area contributed by atoms with E-state index in [0.29, 0.717) is 0 Å². The molecular weight excluding hydrogens is 216 g/mol. The third kappa shape index (κ3) is 3.41. The smallest absolute Gasteiger partial charge is 0.216 e. The van der Waals surface area contributed by atoms with E-state index < -0.39 is 10.0 Å². The number of piperidine rings is 1. The van der Waals surface area contributed by atoms with Crippen LogP contribution < -0.4 is 0 Å². The first-order chi connectivity index (χ1) is 6.97. The third-order valence-corrected chi connectivity index (χ3v) is 4.78. The minimum Gasteiger partial charge on any atom is -0.395 e. The zero-order valence-corrected chi connectivity index (χ0v) is 10.2. The first-order valence-electron chi connectivity index (χ1n) is 5.22. The molecule has 1 rings (SSSR count). The van der Waals surface area contributed by atoms with Crippen molar-refractivity contribution in [2.75, 3.05) is 39.5 Å². The number of aliphatic hydroxyl groups excluding tert-OH is 1. The summed E-state index contributed by atoms with van der Waals surface area (Å²) >= 11 is 0. The van der Waals surface area contributed by atoms with Crippen LogP contribution in [0, 0.1) is 0 Å². The van der Waals surface area contributed by atoms with Crippen molar-refractivity contribution in [1.82, 2.24) is 9.21 Å². The van der Waals surface area contributed by atoms with Gasteiger partial charge in [0.05, 0.1) is 12.4 Å². The number of likely N-dealkylation sites (N-methyl/N-ethyl adjacent to an activating group) is 2. The molecule has 1 unspecified atom stereocenters. The lowest BCUT2D eigenvalue weighted by Crippen LogP contribution is -2.48. The highest BCUT2D eigenvalue weighted by atomic mass is 32.2. The molecule has 90 valence electrons. The van der Waals surface area contributed by atoms with Crippen LogP contribution in [0.15, 0.2) is 0 Å². The van der Waals surface area contributed by atoms with E-state index in [2.05, 4.69) is 4.90 Å². The standard InChI is InChI=1S/C9H20N2O3S/c1-10-5-3-4-9(8-10)11(2)15(13,14)7-6-12/h9,12H,3-8H2,1-2H3. The molecule has 0 aliphatic carbocycles. The molecule has 1 fully saturated rings. The Balaban J connectivity index is 2.62. The van der Waals surface area contributed by atoms with Crippen LogP contribution in [0.2, 0.25) is 0 Å². The lowest BCUT2D eigenvalue weighted by atomic mass is 10.1. The molecular formula is C9H20N2O3S. The lowest BCUT2D eigenvalue weighted by Gasteiger charge is -2.35. The average molecular weight is 236 g/mol. The molecule has 15 heavy (non-hydrogen) atoms. The van der Waals surface area contributed by atoms with Gasteiger partial charge in [-0.05, 0) is 26.4 Å². The van der Waals surface area contributed by atoms with Crippen molar-refractivity contribution in [2.24, 2.45) is 0 Å². The summed E-state index contributed by atoms with van der Waals surface area (Å²) in [6, 6.07) is 0.0558. The highest BCUT2D eigenvalue weighted by Crippen LogP contribution is 2.16. The summed E-state index contributed by atoms with van der Waals surface area (Å²) in [6.07, 6.45) is 1.94. The molecule has 1 aliphatic heterocycles. The van der Waals surface area contributed by atoms with Crippen LogP contribution >= 0.6 is 0 Å². The maximum atomic E-state index is 11.7. The van der Waals surface area contributed by atoms with E-state index in [1.54, 1.807) is 7.05 Å². The lowest BCUT2D eigenvalue weighted by molar-refractivity contribution is 0.187. The van der Waals surface area contributed by atoms with Gasteiger partial charge in [0, 0.05) is 19.6 Å². The van der Waals surface area contributed by atoms with E-state index in [9.17, 15) is 8.42 Å². The molecule has 1 aliphatic rings. The Kier molecular flexibility index (Phi) is 4.51. The fourth-order valence-electron chi connectivity index (χ4n) is 1.92. The number of rotatable bonds is 4. The molecule has 0 aromatic heterocycles. The molecule has 0 radical (unpaired) electrons. The Labute approximate surface area is 91.7 Å². The molecule has 1 N–H and O–H groups in total. The Morgan fingerprint density at radius 3 is 2.73 bits per heavy atom. The van der Waals surface area contributed by atoms with E-state index in [4.69, 9.17) is 5.11 Å². The van der Waals surface area contributed by atoms with Crippen molar-refractivity contribution in [3.05, 3.63) is 0 Å². The van der Waals surface area contributed by atoms with Gasteiger partial charge in [-0.1, -0.05) is 0 Å². The van der Waals surface area contributed by atoms with Gasteiger partial charge >= 0.3 is 0 Å². The molecule has 0 bridgehead atoms. The Hall–Kier alpha value is -0.170. The van der Waals surface area contributed by atoms with E-state index in [1.807, 2.05) is 7.05 Å². The molecule has 0 aromatic rings. The maximum Gasteiger partial charge on any atom is 0.216 e. The van der Waals surface area contributed by atoms with Gasteiger partial charge in [0.1, 0.15) is 0 Å². The predicted molar refractivity (Wildman–Crippen MR) is 59.2 cm³/mol.